The Bertz CT molecular complexity index is 414. The van der Waals surface area contributed by atoms with E-state index in [2.05, 4.69) is 35.0 Å². The highest BCUT2D eigenvalue weighted by atomic mass is 79.9. The number of hydrogen-bond donors (Lipinski definition) is 1. The minimum atomic E-state index is -0.704. The molecule has 16 heavy (non-hydrogen) atoms. The maximum atomic E-state index is 10.9. The molecule has 1 N–H and O–H groups in total. The van der Waals surface area contributed by atoms with Crippen LogP contribution in [0.25, 0.3) is 0 Å². The summed E-state index contributed by atoms with van der Waals surface area (Å²) in [6.45, 7) is 2.19. The summed E-state index contributed by atoms with van der Waals surface area (Å²) in [7, 11) is 0. The number of carboxylic acids is 1. The summed E-state index contributed by atoms with van der Waals surface area (Å²) in [6, 6.07) is 6.23. The van der Waals surface area contributed by atoms with Crippen molar-refractivity contribution in [1.29, 1.82) is 0 Å². The number of hydrogen-bond acceptors (Lipinski definition) is 1. The molecule has 2 unspecified atom stereocenters. The Balaban J connectivity index is 2.35. The summed E-state index contributed by atoms with van der Waals surface area (Å²) in [4.78, 5) is 10.9. The monoisotopic (exact) mass is 282 g/mol. The van der Waals surface area contributed by atoms with Gasteiger partial charge in [0, 0.05) is 4.47 Å². The fourth-order valence-electron chi connectivity index (χ4n) is 2.61. The van der Waals surface area contributed by atoms with Gasteiger partial charge in [0.1, 0.15) is 0 Å². The highest BCUT2D eigenvalue weighted by Gasteiger charge is 2.26. The topological polar surface area (TPSA) is 37.3 Å². The van der Waals surface area contributed by atoms with Crippen molar-refractivity contribution < 1.29 is 9.90 Å². The van der Waals surface area contributed by atoms with E-state index in [0.717, 1.165) is 17.3 Å². The second kappa shape index (κ2) is 4.58. The smallest absolute Gasteiger partial charge is 0.303 e. The molecule has 0 bridgehead atoms. The van der Waals surface area contributed by atoms with Gasteiger partial charge in [0.25, 0.3) is 0 Å². The molecule has 1 aliphatic carbocycles. The molecule has 2 rings (SSSR count). The average Bonchev–Trinajstić information content (AvgIpc) is 2.18. The van der Waals surface area contributed by atoms with Crippen molar-refractivity contribution in [2.45, 2.75) is 32.1 Å². The van der Waals surface area contributed by atoms with Crippen LogP contribution in [0.1, 0.15) is 36.8 Å². The normalized spacial score (nSPS) is 23.9. The van der Waals surface area contributed by atoms with Gasteiger partial charge < -0.3 is 5.11 Å². The van der Waals surface area contributed by atoms with Crippen LogP contribution in [0.15, 0.2) is 22.7 Å². The average molecular weight is 283 g/mol. The predicted molar refractivity (Wildman–Crippen MR) is 66.6 cm³/mol. The van der Waals surface area contributed by atoms with E-state index in [1.807, 2.05) is 6.07 Å². The summed E-state index contributed by atoms with van der Waals surface area (Å²) in [5, 5.41) is 8.94. The molecule has 0 fully saturated rings. The Kier molecular flexibility index (Phi) is 3.33. The third-order valence-electron chi connectivity index (χ3n) is 3.22. The fourth-order valence-corrected chi connectivity index (χ4v) is 2.99. The molecule has 1 aromatic rings. The van der Waals surface area contributed by atoms with Gasteiger partial charge in [-0.1, -0.05) is 28.9 Å². The second-order valence-corrected chi connectivity index (χ2v) is 5.60. The number of benzene rings is 1. The van der Waals surface area contributed by atoms with E-state index in [0.29, 0.717) is 5.92 Å². The Hall–Kier alpha value is -0.830. The molecule has 0 aromatic heterocycles. The van der Waals surface area contributed by atoms with E-state index in [1.54, 1.807) is 0 Å². The van der Waals surface area contributed by atoms with Gasteiger partial charge in [-0.3, -0.25) is 4.79 Å². The lowest BCUT2D eigenvalue weighted by molar-refractivity contribution is -0.137. The van der Waals surface area contributed by atoms with Gasteiger partial charge in [0.15, 0.2) is 0 Å². The molecule has 2 nitrogen and oxygen atoms in total. The maximum Gasteiger partial charge on any atom is 0.303 e. The van der Waals surface area contributed by atoms with Crippen molar-refractivity contribution in [1.82, 2.24) is 0 Å². The van der Waals surface area contributed by atoms with E-state index in [1.165, 1.54) is 11.1 Å². The number of halogens is 1. The Morgan fingerprint density at radius 2 is 2.31 bits per heavy atom. The highest BCUT2D eigenvalue weighted by Crippen LogP contribution is 2.38. The van der Waals surface area contributed by atoms with Gasteiger partial charge in [-0.15, -0.1) is 0 Å². The zero-order chi connectivity index (χ0) is 11.7. The van der Waals surface area contributed by atoms with E-state index >= 15 is 0 Å². The molecule has 3 heteroatoms. The first-order chi connectivity index (χ1) is 7.56. The number of carbonyl (C=O) groups is 1. The van der Waals surface area contributed by atoms with Crippen LogP contribution in [0.4, 0.5) is 0 Å². The lowest BCUT2D eigenvalue weighted by atomic mass is 9.76. The largest absolute Gasteiger partial charge is 0.481 e. The number of carboxylic acid groups (broad SMARTS) is 1. The van der Waals surface area contributed by atoms with Crippen LogP contribution >= 0.6 is 15.9 Å². The standard InChI is InChI=1S/C13H15BrO2/c1-8-4-9-2-3-11(14)7-12(9)10(5-8)6-13(15)16/h2-3,7-8,10H,4-6H2,1H3,(H,15,16). The third-order valence-corrected chi connectivity index (χ3v) is 3.72. The second-order valence-electron chi connectivity index (χ2n) is 4.68. The van der Waals surface area contributed by atoms with Crippen molar-refractivity contribution in [2.75, 3.05) is 0 Å². The summed E-state index contributed by atoms with van der Waals surface area (Å²) in [6.07, 6.45) is 2.29. The van der Waals surface area contributed by atoms with E-state index in [9.17, 15) is 4.79 Å². The zero-order valence-corrected chi connectivity index (χ0v) is 10.8. The van der Waals surface area contributed by atoms with Gasteiger partial charge in [-0.2, -0.15) is 0 Å². The van der Waals surface area contributed by atoms with Crippen molar-refractivity contribution in [3.63, 3.8) is 0 Å². The zero-order valence-electron chi connectivity index (χ0n) is 9.24. The Labute approximate surface area is 104 Å². The van der Waals surface area contributed by atoms with E-state index < -0.39 is 5.97 Å². The van der Waals surface area contributed by atoms with Gasteiger partial charge in [-0.05, 0) is 47.9 Å². The molecule has 0 spiro atoms. The Morgan fingerprint density at radius 1 is 1.56 bits per heavy atom. The molecule has 1 aliphatic rings. The molecule has 1 aromatic carbocycles. The fraction of sp³-hybridized carbons (Fsp3) is 0.462. The molecule has 0 saturated carbocycles. The molecule has 0 aliphatic heterocycles. The van der Waals surface area contributed by atoms with E-state index in [-0.39, 0.29) is 12.3 Å². The molecule has 2 atom stereocenters. The van der Waals surface area contributed by atoms with Gasteiger partial charge >= 0.3 is 5.97 Å². The summed E-state index contributed by atoms with van der Waals surface area (Å²) >= 11 is 3.45. The van der Waals surface area contributed by atoms with Crippen LogP contribution in [0.5, 0.6) is 0 Å². The van der Waals surface area contributed by atoms with Crippen LogP contribution in [0.2, 0.25) is 0 Å². The van der Waals surface area contributed by atoms with Crippen LogP contribution in [-0.2, 0) is 11.2 Å². The molecule has 0 amide bonds. The van der Waals surface area contributed by atoms with Crippen LogP contribution in [-0.4, -0.2) is 11.1 Å². The summed E-state index contributed by atoms with van der Waals surface area (Å²) < 4.78 is 1.04. The quantitative estimate of drug-likeness (QED) is 0.900. The first kappa shape index (κ1) is 11.6. The van der Waals surface area contributed by atoms with Crippen molar-refractivity contribution in [3.05, 3.63) is 33.8 Å². The lowest BCUT2D eigenvalue weighted by Gasteiger charge is -2.29. The first-order valence-corrected chi connectivity index (χ1v) is 6.35. The minimum Gasteiger partial charge on any atom is -0.481 e. The third kappa shape index (κ3) is 2.46. The maximum absolute atomic E-state index is 10.9. The SMILES string of the molecule is CC1Cc2ccc(Br)cc2C(CC(=O)O)C1. The van der Waals surface area contributed by atoms with Crippen LogP contribution < -0.4 is 0 Å². The van der Waals surface area contributed by atoms with Crippen LogP contribution in [0, 0.1) is 5.92 Å². The highest BCUT2D eigenvalue weighted by molar-refractivity contribution is 9.10. The van der Waals surface area contributed by atoms with Crippen molar-refractivity contribution in [2.24, 2.45) is 5.92 Å². The van der Waals surface area contributed by atoms with Gasteiger partial charge in [0.05, 0.1) is 6.42 Å². The number of rotatable bonds is 2. The molecule has 0 radical (unpaired) electrons. The molecule has 0 heterocycles. The van der Waals surface area contributed by atoms with Crippen LogP contribution in [0.3, 0.4) is 0 Å². The lowest BCUT2D eigenvalue weighted by Crippen LogP contribution is -2.19. The number of aliphatic carboxylic acids is 1. The number of fused-ring (bicyclic) bond motifs is 1. The first-order valence-electron chi connectivity index (χ1n) is 5.56. The minimum absolute atomic E-state index is 0.175. The molecular weight excluding hydrogens is 268 g/mol. The van der Waals surface area contributed by atoms with Gasteiger partial charge in [0.2, 0.25) is 0 Å². The van der Waals surface area contributed by atoms with Crippen molar-refractivity contribution in [3.8, 4) is 0 Å². The van der Waals surface area contributed by atoms with Gasteiger partial charge in [-0.25, -0.2) is 0 Å². The Morgan fingerprint density at radius 3 is 3.00 bits per heavy atom. The summed E-state index contributed by atoms with van der Waals surface area (Å²) in [5.74, 6) is 0.0526. The summed E-state index contributed by atoms with van der Waals surface area (Å²) in [5.41, 5.74) is 2.53. The van der Waals surface area contributed by atoms with E-state index in [4.69, 9.17) is 5.11 Å². The predicted octanol–water partition coefficient (Wildman–Crippen LogP) is 3.59. The molecule has 86 valence electrons. The molecular formula is C13H15BrO2. The van der Waals surface area contributed by atoms with Crippen molar-refractivity contribution >= 4 is 21.9 Å². The molecule has 0 saturated heterocycles.